The van der Waals surface area contributed by atoms with Gasteiger partial charge in [-0.05, 0) is 63.0 Å². The second-order valence-corrected chi connectivity index (χ2v) is 7.82. The number of ether oxygens (including phenoxy) is 1. The number of hydrogen-bond donors (Lipinski definition) is 0. The topological polar surface area (TPSA) is 76.4 Å². The number of tetrazole rings is 1. The molecule has 2 atom stereocenters. The Bertz CT molecular complexity index is 598. The van der Waals surface area contributed by atoms with Gasteiger partial charge in [0, 0.05) is 19.0 Å². The molecule has 25 heavy (non-hydrogen) atoms. The van der Waals surface area contributed by atoms with Crippen molar-refractivity contribution < 1.29 is 9.53 Å². The Morgan fingerprint density at radius 2 is 1.80 bits per heavy atom. The molecule has 2 aliphatic heterocycles. The van der Waals surface area contributed by atoms with Crippen molar-refractivity contribution in [2.24, 2.45) is 5.92 Å². The molecule has 3 aliphatic rings. The number of carbonyl (C=O) groups excluding carboxylic acids is 1. The van der Waals surface area contributed by atoms with Crippen LogP contribution in [0.2, 0.25) is 0 Å². The molecule has 8 nitrogen and oxygen atoms in total. The number of rotatable bonds is 4. The van der Waals surface area contributed by atoms with Crippen LogP contribution in [0, 0.1) is 5.92 Å². The van der Waals surface area contributed by atoms with Crippen LogP contribution in [0.25, 0.3) is 0 Å². The van der Waals surface area contributed by atoms with Crippen LogP contribution in [0.1, 0.15) is 51.4 Å². The van der Waals surface area contributed by atoms with Gasteiger partial charge >= 0.3 is 0 Å². The summed E-state index contributed by atoms with van der Waals surface area (Å²) in [6.07, 6.45) is 4.48. The Hall–Kier alpha value is -1.54. The quantitative estimate of drug-likeness (QED) is 0.803. The number of morpholine rings is 1. The largest absolute Gasteiger partial charge is 0.372 e. The molecule has 3 heterocycles. The molecule has 1 aromatic heterocycles. The van der Waals surface area contributed by atoms with Crippen LogP contribution in [0.3, 0.4) is 0 Å². The average molecular weight is 348 g/mol. The van der Waals surface area contributed by atoms with E-state index in [4.69, 9.17) is 4.74 Å². The molecule has 1 amide bonds. The minimum absolute atomic E-state index is 0.133. The lowest BCUT2D eigenvalue weighted by molar-refractivity contribution is -0.148. The first-order valence-corrected chi connectivity index (χ1v) is 9.53. The fourth-order valence-electron chi connectivity index (χ4n) is 4.07. The van der Waals surface area contributed by atoms with E-state index in [1.165, 1.54) is 12.8 Å². The van der Waals surface area contributed by atoms with E-state index in [0.717, 1.165) is 51.4 Å². The van der Waals surface area contributed by atoms with Gasteiger partial charge in [-0.15, -0.1) is 5.10 Å². The molecule has 1 aliphatic carbocycles. The molecule has 0 aromatic carbocycles. The van der Waals surface area contributed by atoms with Crippen LogP contribution in [0.4, 0.5) is 0 Å². The molecule has 3 fully saturated rings. The third kappa shape index (κ3) is 3.84. The van der Waals surface area contributed by atoms with Gasteiger partial charge in [-0.1, -0.05) is 0 Å². The van der Waals surface area contributed by atoms with Gasteiger partial charge in [0.05, 0.1) is 24.8 Å². The highest BCUT2D eigenvalue weighted by molar-refractivity contribution is 5.79. The third-order valence-corrected chi connectivity index (χ3v) is 5.49. The highest BCUT2D eigenvalue weighted by Crippen LogP contribution is 2.34. The van der Waals surface area contributed by atoms with E-state index < -0.39 is 0 Å². The Kier molecular flexibility index (Phi) is 4.73. The summed E-state index contributed by atoms with van der Waals surface area (Å²) >= 11 is 0. The first kappa shape index (κ1) is 16.9. The monoisotopic (exact) mass is 348 g/mol. The Balaban J connectivity index is 1.29. The number of nitrogens with zero attached hydrogens (tertiary/aromatic N) is 6. The van der Waals surface area contributed by atoms with Crippen LogP contribution in [-0.4, -0.2) is 74.3 Å². The highest BCUT2D eigenvalue weighted by atomic mass is 16.5. The molecule has 1 saturated carbocycles. The van der Waals surface area contributed by atoms with E-state index in [9.17, 15) is 4.79 Å². The normalized spacial score (nSPS) is 29.1. The molecule has 2 saturated heterocycles. The second kappa shape index (κ2) is 6.99. The second-order valence-electron chi connectivity index (χ2n) is 7.82. The standard InChI is InChI=1S/C17H28N6O2/c1-12-9-22(10-13(2)25-12)17(24)14-5-7-21(8-6-14)11-16-18-19-20-23(16)15-3-4-15/h12-15H,3-11H2,1-2H3/t12-,13+. The van der Waals surface area contributed by atoms with E-state index in [-0.39, 0.29) is 18.1 Å². The number of likely N-dealkylation sites (tertiary alicyclic amines) is 1. The summed E-state index contributed by atoms with van der Waals surface area (Å²) < 4.78 is 7.72. The summed E-state index contributed by atoms with van der Waals surface area (Å²) in [7, 11) is 0. The van der Waals surface area contributed by atoms with E-state index in [1.54, 1.807) is 0 Å². The zero-order chi connectivity index (χ0) is 17.4. The number of piperidine rings is 1. The number of carbonyl (C=O) groups is 1. The van der Waals surface area contributed by atoms with Crippen LogP contribution in [-0.2, 0) is 16.1 Å². The number of amides is 1. The van der Waals surface area contributed by atoms with Crippen LogP contribution >= 0.6 is 0 Å². The van der Waals surface area contributed by atoms with Gasteiger partial charge in [0.2, 0.25) is 5.91 Å². The van der Waals surface area contributed by atoms with Crippen molar-refractivity contribution in [3.63, 3.8) is 0 Å². The van der Waals surface area contributed by atoms with E-state index >= 15 is 0 Å². The number of aromatic nitrogens is 4. The maximum Gasteiger partial charge on any atom is 0.225 e. The predicted octanol–water partition coefficient (Wildman–Crippen LogP) is 0.856. The van der Waals surface area contributed by atoms with Crippen molar-refractivity contribution in [1.82, 2.24) is 30.0 Å². The summed E-state index contributed by atoms with van der Waals surface area (Å²) in [6.45, 7) is 8.19. The van der Waals surface area contributed by atoms with Gasteiger partial charge in [-0.25, -0.2) is 4.68 Å². The molecule has 0 radical (unpaired) electrons. The molecule has 8 heteroatoms. The van der Waals surface area contributed by atoms with E-state index in [2.05, 4.69) is 20.4 Å². The molecule has 1 aromatic rings. The van der Waals surface area contributed by atoms with Crippen LogP contribution < -0.4 is 0 Å². The lowest BCUT2D eigenvalue weighted by atomic mass is 9.94. The first-order chi connectivity index (χ1) is 12.1. The van der Waals surface area contributed by atoms with Crippen molar-refractivity contribution in [2.45, 2.75) is 64.3 Å². The van der Waals surface area contributed by atoms with Gasteiger partial charge in [-0.2, -0.15) is 0 Å². The maximum absolute atomic E-state index is 12.8. The highest BCUT2D eigenvalue weighted by Gasteiger charge is 2.33. The molecule has 4 rings (SSSR count). The molecule has 0 unspecified atom stereocenters. The smallest absolute Gasteiger partial charge is 0.225 e. The Morgan fingerprint density at radius 1 is 1.12 bits per heavy atom. The summed E-state index contributed by atoms with van der Waals surface area (Å²) in [4.78, 5) is 17.2. The van der Waals surface area contributed by atoms with Gasteiger partial charge < -0.3 is 9.64 Å². The van der Waals surface area contributed by atoms with Gasteiger partial charge in [-0.3, -0.25) is 9.69 Å². The zero-order valence-corrected chi connectivity index (χ0v) is 15.2. The SMILES string of the molecule is C[C@@H]1CN(C(=O)C2CCN(Cc3nnnn3C3CC3)CC2)C[C@H](C)O1. The summed E-state index contributed by atoms with van der Waals surface area (Å²) in [5, 5.41) is 12.1. The lowest BCUT2D eigenvalue weighted by Crippen LogP contribution is -2.51. The minimum Gasteiger partial charge on any atom is -0.372 e. The molecule has 0 bridgehead atoms. The molecular weight excluding hydrogens is 320 g/mol. The minimum atomic E-state index is 0.133. The van der Waals surface area contributed by atoms with Gasteiger partial charge in [0.25, 0.3) is 0 Å². The molecule has 0 spiro atoms. The van der Waals surface area contributed by atoms with E-state index in [0.29, 0.717) is 11.9 Å². The van der Waals surface area contributed by atoms with Crippen LogP contribution in [0.15, 0.2) is 0 Å². The predicted molar refractivity (Wildman–Crippen MR) is 90.7 cm³/mol. The van der Waals surface area contributed by atoms with Crippen molar-refractivity contribution in [2.75, 3.05) is 26.2 Å². The van der Waals surface area contributed by atoms with Crippen molar-refractivity contribution in [3.8, 4) is 0 Å². The summed E-state index contributed by atoms with van der Waals surface area (Å²) in [6, 6.07) is 0.509. The first-order valence-electron chi connectivity index (χ1n) is 9.53. The van der Waals surface area contributed by atoms with Crippen molar-refractivity contribution in [3.05, 3.63) is 5.82 Å². The lowest BCUT2D eigenvalue weighted by Gasteiger charge is -2.39. The Morgan fingerprint density at radius 3 is 2.44 bits per heavy atom. The van der Waals surface area contributed by atoms with Crippen molar-refractivity contribution in [1.29, 1.82) is 0 Å². The maximum atomic E-state index is 12.8. The average Bonchev–Trinajstić information content (AvgIpc) is 3.34. The fourth-order valence-corrected chi connectivity index (χ4v) is 4.07. The van der Waals surface area contributed by atoms with E-state index in [1.807, 2.05) is 23.4 Å². The van der Waals surface area contributed by atoms with Crippen molar-refractivity contribution >= 4 is 5.91 Å². The summed E-state index contributed by atoms with van der Waals surface area (Å²) in [5.41, 5.74) is 0. The van der Waals surface area contributed by atoms with Gasteiger partial charge in [0.1, 0.15) is 0 Å². The summed E-state index contributed by atoms with van der Waals surface area (Å²) in [5.74, 6) is 1.42. The van der Waals surface area contributed by atoms with Crippen LogP contribution in [0.5, 0.6) is 0 Å². The Labute approximate surface area is 148 Å². The molecular formula is C17H28N6O2. The number of hydrogen-bond acceptors (Lipinski definition) is 6. The zero-order valence-electron chi connectivity index (χ0n) is 15.2. The fraction of sp³-hybridized carbons (Fsp3) is 0.882. The van der Waals surface area contributed by atoms with Gasteiger partial charge in [0.15, 0.2) is 5.82 Å². The molecule has 0 N–H and O–H groups in total. The third-order valence-electron chi connectivity index (χ3n) is 5.49. The molecule has 138 valence electrons.